The summed E-state index contributed by atoms with van der Waals surface area (Å²) >= 11 is 0. The number of nitrogens with one attached hydrogen (secondary N) is 1. The van der Waals surface area contributed by atoms with Crippen molar-refractivity contribution in [2.24, 2.45) is 0 Å². The standard InChI is InChI=1S/C17H22N4O2/c1-2-23-17(22)19-12-13-11-16(15-9-5-6-10-18-15)21(20-13)14-7-3-4-8-14/h5-6,9-11,14H,2-4,7-8,12H2,1H3,(H,19,22). The van der Waals surface area contributed by atoms with Crippen LogP contribution >= 0.6 is 0 Å². The molecule has 1 fully saturated rings. The zero-order valence-electron chi connectivity index (χ0n) is 13.4. The lowest BCUT2D eigenvalue weighted by Gasteiger charge is -2.13. The number of rotatable bonds is 5. The Hall–Kier alpha value is -2.37. The van der Waals surface area contributed by atoms with E-state index in [0.717, 1.165) is 29.9 Å². The van der Waals surface area contributed by atoms with Crippen molar-refractivity contribution in [3.63, 3.8) is 0 Å². The molecule has 1 N–H and O–H groups in total. The highest BCUT2D eigenvalue weighted by Gasteiger charge is 2.22. The fourth-order valence-corrected chi connectivity index (χ4v) is 3.01. The first-order valence-corrected chi connectivity index (χ1v) is 8.18. The Morgan fingerprint density at radius 1 is 1.39 bits per heavy atom. The number of nitrogens with zero attached hydrogens (tertiary/aromatic N) is 3. The van der Waals surface area contributed by atoms with E-state index in [2.05, 4.69) is 15.0 Å². The van der Waals surface area contributed by atoms with Gasteiger partial charge in [-0.25, -0.2) is 4.79 Å². The van der Waals surface area contributed by atoms with Gasteiger partial charge in [-0.05, 0) is 38.0 Å². The summed E-state index contributed by atoms with van der Waals surface area (Å²) in [5.74, 6) is 0. The third-order valence-electron chi connectivity index (χ3n) is 4.07. The molecule has 2 aromatic rings. The highest BCUT2D eigenvalue weighted by Crippen LogP contribution is 2.33. The SMILES string of the molecule is CCOC(=O)NCc1cc(-c2ccccn2)n(C2CCCC2)n1. The fraction of sp³-hybridized carbons (Fsp3) is 0.471. The maximum absolute atomic E-state index is 11.5. The van der Waals surface area contributed by atoms with Crippen LogP contribution in [-0.4, -0.2) is 27.5 Å². The van der Waals surface area contributed by atoms with Crippen molar-refractivity contribution in [2.75, 3.05) is 6.61 Å². The van der Waals surface area contributed by atoms with Crippen molar-refractivity contribution in [1.82, 2.24) is 20.1 Å². The topological polar surface area (TPSA) is 69.0 Å². The van der Waals surface area contributed by atoms with E-state index in [1.165, 1.54) is 12.8 Å². The lowest BCUT2D eigenvalue weighted by atomic mass is 10.2. The maximum Gasteiger partial charge on any atom is 0.407 e. The Balaban J connectivity index is 1.83. The van der Waals surface area contributed by atoms with Crippen LogP contribution < -0.4 is 5.32 Å². The number of carbonyl (C=O) groups is 1. The summed E-state index contributed by atoms with van der Waals surface area (Å²) in [7, 11) is 0. The predicted octanol–water partition coefficient (Wildman–Crippen LogP) is 3.31. The van der Waals surface area contributed by atoms with Crippen molar-refractivity contribution in [3.05, 3.63) is 36.2 Å². The summed E-state index contributed by atoms with van der Waals surface area (Å²) in [5, 5.41) is 7.43. The van der Waals surface area contributed by atoms with Crippen molar-refractivity contribution in [1.29, 1.82) is 0 Å². The highest BCUT2D eigenvalue weighted by atomic mass is 16.5. The lowest BCUT2D eigenvalue weighted by molar-refractivity contribution is 0.151. The van der Waals surface area contributed by atoms with E-state index < -0.39 is 6.09 Å². The van der Waals surface area contributed by atoms with Crippen molar-refractivity contribution in [2.45, 2.75) is 45.2 Å². The minimum absolute atomic E-state index is 0.360. The Morgan fingerprint density at radius 3 is 2.91 bits per heavy atom. The molecule has 1 aliphatic rings. The molecule has 1 aliphatic carbocycles. The van der Waals surface area contributed by atoms with E-state index in [0.29, 0.717) is 19.2 Å². The van der Waals surface area contributed by atoms with Gasteiger partial charge in [-0.1, -0.05) is 18.9 Å². The second kappa shape index (κ2) is 7.26. The van der Waals surface area contributed by atoms with Crippen LogP contribution in [0.25, 0.3) is 11.4 Å². The molecule has 0 bridgehead atoms. The molecule has 0 aromatic carbocycles. The first-order valence-electron chi connectivity index (χ1n) is 8.18. The van der Waals surface area contributed by atoms with Gasteiger partial charge in [-0.3, -0.25) is 9.67 Å². The van der Waals surface area contributed by atoms with E-state index in [4.69, 9.17) is 9.84 Å². The maximum atomic E-state index is 11.5. The second-order valence-electron chi connectivity index (χ2n) is 5.69. The van der Waals surface area contributed by atoms with Gasteiger partial charge in [0.25, 0.3) is 0 Å². The van der Waals surface area contributed by atoms with Crippen LogP contribution in [0.4, 0.5) is 4.79 Å². The molecule has 0 saturated heterocycles. The molecule has 2 aromatic heterocycles. The molecular weight excluding hydrogens is 292 g/mol. The molecule has 1 amide bonds. The van der Waals surface area contributed by atoms with Gasteiger partial charge in [-0.15, -0.1) is 0 Å². The summed E-state index contributed by atoms with van der Waals surface area (Å²) < 4.78 is 6.97. The molecule has 0 spiro atoms. The lowest BCUT2D eigenvalue weighted by Crippen LogP contribution is -2.24. The van der Waals surface area contributed by atoms with Gasteiger partial charge in [0.1, 0.15) is 0 Å². The number of carbonyl (C=O) groups excluding carboxylic acids is 1. The summed E-state index contributed by atoms with van der Waals surface area (Å²) in [5.41, 5.74) is 2.75. The third-order valence-corrected chi connectivity index (χ3v) is 4.07. The minimum Gasteiger partial charge on any atom is -0.450 e. The molecule has 0 atom stereocenters. The van der Waals surface area contributed by atoms with Gasteiger partial charge in [0, 0.05) is 6.20 Å². The Labute approximate surface area is 135 Å². The molecule has 1 saturated carbocycles. The first kappa shape index (κ1) is 15.5. The van der Waals surface area contributed by atoms with Crippen LogP contribution in [0.2, 0.25) is 0 Å². The van der Waals surface area contributed by atoms with E-state index in [1.807, 2.05) is 24.3 Å². The number of amides is 1. The number of pyridine rings is 1. The van der Waals surface area contributed by atoms with E-state index in [9.17, 15) is 4.79 Å². The molecule has 6 nitrogen and oxygen atoms in total. The summed E-state index contributed by atoms with van der Waals surface area (Å²) in [6, 6.07) is 8.30. The quantitative estimate of drug-likeness (QED) is 0.919. The van der Waals surface area contributed by atoms with Gasteiger partial charge in [0.2, 0.25) is 0 Å². The molecule has 3 rings (SSSR count). The summed E-state index contributed by atoms with van der Waals surface area (Å²) in [4.78, 5) is 15.9. The van der Waals surface area contributed by atoms with Crippen LogP contribution in [0.1, 0.15) is 44.3 Å². The van der Waals surface area contributed by atoms with Crippen LogP contribution in [0, 0.1) is 0 Å². The van der Waals surface area contributed by atoms with E-state index in [1.54, 1.807) is 13.1 Å². The van der Waals surface area contributed by atoms with E-state index in [-0.39, 0.29) is 0 Å². The number of hydrogen-bond donors (Lipinski definition) is 1. The third kappa shape index (κ3) is 3.70. The van der Waals surface area contributed by atoms with Gasteiger partial charge in [-0.2, -0.15) is 5.10 Å². The van der Waals surface area contributed by atoms with Crippen LogP contribution in [0.3, 0.4) is 0 Å². The average Bonchev–Trinajstić information content (AvgIpc) is 3.23. The zero-order chi connectivity index (χ0) is 16.1. The monoisotopic (exact) mass is 314 g/mol. The predicted molar refractivity (Wildman–Crippen MR) is 86.8 cm³/mol. The van der Waals surface area contributed by atoms with Crippen LogP contribution in [0.15, 0.2) is 30.5 Å². The second-order valence-corrected chi connectivity index (χ2v) is 5.69. The number of hydrogen-bond acceptors (Lipinski definition) is 4. The van der Waals surface area contributed by atoms with Crippen LogP contribution in [0.5, 0.6) is 0 Å². The van der Waals surface area contributed by atoms with Gasteiger partial charge < -0.3 is 10.1 Å². The van der Waals surface area contributed by atoms with Gasteiger partial charge in [0.05, 0.1) is 36.3 Å². The Morgan fingerprint density at radius 2 is 2.22 bits per heavy atom. The molecule has 0 radical (unpaired) electrons. The number of ether oxygens (including phenoxy) is 1. The average molecular weight is 314 g/mol. The molecule has 0 unspecified atom stereocenters. The molecule has 23 heavy (non-hydrogen) atoms. The van der Waals surface area contributed by atoms with Crippen molar-refractivity contribution >= 4 is 6.09 Å². The zero-order valence-corrected chi connectivity index (χ0v) is 13.4. The smallest absolute Gasteiger partial charge is 0.407 e. The summed E-state index contributed by atoms with van der Waals surface area (Å²) in [6.45, 7) is 2.51. The number of alkyl carbamates (subject to hydrolysis) is 1. The Kier molecular flexibility index (Phi) is 4.90. The Bertz CT molecular complexity index is 648. The van der Waals surface area contributed by atoms with Crippen LogP contribution in [-0.2, 0) is 11.3 Å². The molecule has 2 heterocycles. The largest absolute Gasteiger partial charge is 0.450 e. The summed E-state index contributed by atoms with van der Waals surface area (Å²) in [6.07, 6.45) is 6.14. The normalized spacial score (nSPS) is 14.8. The molecular formula is C17H22N4O2. The highest BCUT2D eigenvalue weighted by molar-refractivity contribution is 5.67. The molecule has 0 aliphatic heterocycles. The van der Waals surface area contributed by atoms with E-state index >= 15 is 0 Å². The van der Waals surface area contributed by atoms with Crippen molar-refractivity contribution in [3.8, 4) is 11.4 Å². The molecule has 6 heteroatoms. The number of aromatic nitrogens is 3. The first-order chi connectivity index (χ1) is 11.3. The molecule has 122 valence electrons. The van der Waals surface area contributed by atoms with Gasteiger partial charge >= 0.3 is 6.09 Å². The fourth-order valence-electron chi connectivity index (χ4n) is 3.01. The minimum atomic E-state index is -0.415. The van der Waals surface area contributed by atoms with Gasteiger partial charge in [0.15, 0.2) is 0 Å². The van der Waals surface area contributed by atoms with Crippen molar-refractivity contribution < 1.29 is 9.53 Å².